The molecule has 1 nitrogen and oxygen atoms in total. The smallest absolute Gasteiger partial charge is 0.185 e. The topological polar surface area (TPSA) is 12.9 Å². The highest BCUT2D eigenvalue weighted by molar-refractivity contribution is 6.36. The van der Waals surface area contributed by atoms with E-state index in [1.54, 1.807) is 6.92 Å². The summed E-state index contributed by atoms with van der Waals surface area (Å²) in [4.78, 5) is 3.94. The maximum Gasteiger partial charge on any atom is 0.185 e. The minimum atomic E-state index is -1.26. The van der Waals surface area contributed by atoms with Crippen LogP contribution in [0.15, 0.2) is 6.07 Å². The third-order valence-corrected chi connectivity index (χ3v) is 3.18. The summed E-state index contributed by atoms with van der Waals surface area (Å²) in [6.07, 6.45) is 0.513. The van der Waals surface area contributed by atoms with Crippen LogP contribution in [0.1, 0.15) is 18.2 Å². The molecule has 0 radical (unpaired) electrons. The van der Waals surface area contributed by atoms with Gasteiger partial charge in [0, 0.05) is 11.8 Å². The van der Waals surface area contributed by atoms with Crippen molar-refractivity contribution in [1.82, 2.24) is 4.98 Å². The van der Waals surface area contributed by atoms with E-state index in [9.17, 15) is 13.2 Å². The van der Waals surface area contributed by atoms with Crippen molar-refractivity contribution in [3.05, 3.63) is 39.8 Å². The first-order chi connectivity index (χ1) is 7.97. The molecule has 0 amide bonds. The Morgan fingerprint density at radius 3 is 2.47 bits per heavy atom. The van der Waals surface area contributed by atoms with Crippen LogP contribution in [0.2, 0.25) is 5.02 Å². The third-order valence-electron chi connectivity index (χ3n) is 2.71. The fourth-order valence-corrected chi connectivity index (χ4v) is 2.06. The first-order valence-corrected chi connectivity index (χ1v) is 5.47. The highest BCUT2D eigenvalue weighted by Crippen LogP contribution is 2.32. The molecule has 0 atom stereocenters. The molecule has 2 rings (SSSR count). The monoisotopic (exact) mass is 259 g/mol. The zero-order valence-electron chi connectivity index (χ0n) is 9.24. The highest BCUT2D eigenvalue weighted by Gasteiger charge is 2.19. The number of hydrogen-bond donors (Lipinski definition) is 0. The molecule has 1 heterocycles. The predicted molar refractivity (Wildman–Crippen MR) is 60.7 cm³/mol. The van der Waals surface area contributed by atoms with Crippen molar-refractivity contribution in [1.29, 1.82) is 0 Å². The lowest BCUT2D eigenvalue weighted by Gasteiger charge is -2.10. The van der Waals surface area contributed by atoms with E-state index < -0.39 is 17.5 Å². The van der Waals surface area contributed by atoms with E-state index in [1.807, 2.05) is 6.92 Å². The van der Waals surface area contributed by atoms with E-state index in [1.165, 1.54) is 0 Å². The van der Waals surface area contributed by atoms with E-state index in [2.05, 4.69) is 4.98 Å². The summed E-state index contributed by atoms with van der Waals surface area (Å²) in [6.45, 7) is 3.49. The molecule has 90 valence electrons. The van der Waals surface area contributed by atoms with Gasteiger partial charge in [0.25, 0.3) is 0 Å². The van der Waals surface area contributed by atoms with Gasteiger partial charge in [0.2, 0.25) is 0 Å². The Bertz CT molecular complexity index is 611. The normalized spacial score (nSPS) is 11.2. The SMILES string of the molecule is CCc1nc2c(F)c(F)cc(F)c2c(Cl)c1C. The van der Waals surface area contributed by atoms with Crippen LogP contribution in [-0.4, -0.2) is 4.98 Å². The van der Waals surface area contributed by atoms with Crippen molar-refractivity contribution < 1.29 is 13.2 Å². The molecule has 0 fully saturated rings. The summed E-state index contributed by atoms with van der Waals surface area (Å²) in [5, 5.41) is -0.0801. The number of aryl methyl sites for hydroxylation is 1. The zero-order chi connectivity index (χ0) is 12.7. The number of rotatable bonds is 1. The first-order valence-electron chi connectivity index (χ1n) is 5.09. The number of pyridine rings is 1. The Morgan fingerprint density at radius 1 is 1.24 bits per heavy atom. The summed E-state index contributed by atoms with van der Waals surface area (Å²) in [7, 11) is 0. The maximum absolute atomic E-state index is 13.6. The second-order valence-corrected chi connectivity index (χ2v) is 4.11. The molecule has 0 saturated carbocycles. The average Bonchev–Trinajstić information content (AvgIpc) is 2.29. The molecule has 0 N–H and O–H groups in total. The van der Waals surface area contributed by atoms with Crippen LogP contribution >= 0.6 is 11.6 Å². The molecule has 0 aliphatic heterocycles. The van der Waals surface area contributed by atoms with Crippen molar-refractivity contribution in [2.75, 3.05) is 0 Å². The first kappa shape index (κ1) is 12.2. The Morgan fingerprint density at radius 2 is 1.88 bits per heavy atom. The van der Waals surface area contributed by atoms with Gasteiger partial charge in [-0.3, -0.25) is 0 Å². The lowest BCUT2D eigenvalue weighted by Crippen LogP contribution is -2.00. The Balaban J connectivity index is 3.01. The molecular weight excluding hydrogens is 251 g/mol. The lowest BCUT2D eigenvalue weighted by molar-refractivity contribution is 0.504. The predicted octanol–water partition coefficient (Wildman–Crippen LogP) is 4.18. The second-order valence-electron chi connectivity index (χ2n) is 3.73. The molecule has 1 aromatic heterocycles. The van der Waals surface area contributed by atoms with Gasteiger partial charge in [-0.25, -0.2) is 18.2 Å². The molecule has 0 bridgehead atoms. The fraction of sp³-hybridized carbons (Fsp3) is 0.250. The van der Waals surface area contributed by atoms with Crippen LogP contribution in [0.3, 0.4) is 0 Å². The van der Waals surface area contributed by atoms with Gasteiger partial charge in [-0.05, 0) is 18.9 Å². The molecule has 0 aliphatic rings. The highest BCUT2D eigenvalue weighted by atomic mass is 35.5. The van der Waals surface area contributed by atoms with Crippen LogP contribution in [0.5, 0.6) is 0 Å². The van der Waals surface area contributed by atoms with Gasteiger partial charge >= 0.3 is 0 Å². The van der Waals surface area contributed by atoms with Gasteiger partial charge in [-0.15, -0.1) is 0 Å². The second kappa shape index (κ2) is 4.18. The zero-order valence-corrected chi connectivity index (χ0v) is 10.00. The van der Waals surface area contributed by atoms with Crippen LogP contribution in [0, 0.1) is 24.4 Å². The quantitative estimate of drug-likeness (QED) is 0.700. The van der Waals surface area contributed by atoms with Crippen LogP contribution in [0.25, 0.3) is 10.9 Å². The molecule has 0 saturated heterocycles. The summed E-state index contributed by atoms with van der Waals surface area (Å²) in [5.74, 6) is -3.33. The van der Waals surface area contributed by atoms with E-state index in [-0.39, 0.29) is 15.9 Å². The van der Waals surface area contributed by atoms with E-state index in [0.717, 1.165) is 0 Å². The van der Waals surface area contributed by atoms with Gasteiger partial charge < -0.3 is 0 Å². The Kier molecular flexibility index (Phi) is 3.00. The molecule has 0 spiro atoms. The summed E-state index contributed by atoms with van der Waals surface area (Å²) >= 11 is 5.97. The Hall–Kier alpha value is -1.29. The number of hydrogen-bond acceptors (Lipinski definition) is 1. The van der Waals surface area contributed by atoms with Gasteiger partial charge in [0.1, 0.15) is 11.3 Å². The van der Waals surface area contributed by atoms with Crippen molar-refractivity contribution in [3.63, 3.8) is 0 Å². The summed E-state index contributed by atoms with van der Waals surface area (Å²) < 4.78 is 40.2. The fourth-order valence-electron chi connectivity index (χ4n) is 1.77. The maximum atomic E-state index is 13.6. The van der Waals surface area contributed by atoms with Gasteiger partial charge in [0.15, 0.2) is 11.6 Å². The number of nitrogens with zero attached hydrogens (tertiary/aromatic N) is 1. The molecule has 5 heteroatoms. The summed E-state index contributed by atoms with van der Waals surface area (Å²) in [5.41, 5.74) is 0.771. The van der Waals surface area contributed by atoms with Crippen molar-refractivity contribution in [3.8, 4) is 0 Å². The Labute approximate surface area is 101 Å². The number of fused-ring (bicyclic) bond motifs is 1. The third kappa shape index (κ3) is 1.76. The standard InChI is InChI=1S/C12H9ClF3N/c1-3-8-5(2)10(13)9-6(14)4-7(15)11(16)12(9)17-8/h4H,3H2,1-2H3. The van der Waals surface area contributed by atoms with Crippen molar-refractivity contribution >= 4 is 22.5 Å². The van der Waals surface area contributed by atoms with Gasteiger partial charge in [-0.2, -0.15) is 0 Å². The van der Waals surface area contributed by atoms with E-state index in [4.69, 9.17) is 11.6 Å². The van der Waals surface area contributed by atoms with Gasteiger partial charge in [-0.1, -0.05) is 18.5 Å². The largest absolute Gasteiger partial charge is 0.249 e. The molecule has 0 unspecified atom stereocenters. The lowest BCUT2D eigenvalue weighted by atomic mass is 10.1. The summed E-state index contributed by atoms with van der Waals surface area (Å²) in [6, 6.07) is 0.482. The average molecular weight is 260 g/mol. The molecule has 1 aromatic carbocycles. The molecule has 2 aromatic rings. The van der Waals surface area contributed by atoms with E-state index in [0.29, 0.717) is 23.7 Å². The van der Waals surface area contributed by atoms with Crippen molar-refractivity contribution in [2.24, 2.45) is 0 Å². The van der Waals surface area contributed by atoms with E-state index >= 15 is 0 Å². The van der Waals surface area contributed by atoms with Crippen LogP contribution in [-0.2, 0) is 6.42 Å². The minimum absolute atomic E-state index is 0.0863. The number of halogens is 4. The molecular formula is C12H9ClF3N. The minimum Gasteiger partial charge on any atom is -0.249 e. The van der Waals surface area contributed by atoms with Gasteiger partial charge in [0.05, 0.1) is 10.4 Å². The number of benzene rings is 1. The van der Waals surface area contributed by atoms with Crippen LogP contribution < -0.4 is 0 Å². The molecule has 17 heavy (non-hydrogen) atoms. The number of aromatic nitrogens is 1. The van der Waals surface area contributed by atoms with Crippen molar-refractivity contribution in [2.45, 2.75) is 20.3 Å². The van der Waals surface area contributed by atoms with Crippen LogP contribution in [0.4, 0.5) is 13.2 Å². The molecule has 0 aliphatic carbocycles.